The van der Waals surface area contributed by atoms with E-state index in [-0.39, 0.29) is 0 Å². The van der Waals surface area contributed by atoms with Crippen LogP contribution in [0.2, 0.25) is 0 Å². The number of hydrogen-bond acceptors (Lipinski definition) is 2. The Morgan fingerprint density at radius 3 is 2.25 bits per heavy atom. The fourth-order valence-corrected chi connectivity index (χ4v) is 7.19. The molecule has 0 unspecified atom stereocenters. The molecule has 0 atom stereocenters. The van der Waals surface area contributed by atoms with Crippen LogP contribution >= 0.6 is 11.3 Å². The summed E-state index contributed by atoms with van der Waals surface area (Å²) in [6.07, 6.45) is 0. The molecule has 0 saturated carbocycles. The number of hydrogen-bond donors (Lipinski definition) is 0. The molecule has 8 rings (SSSR count). The van der Waals surface area contributed by atoms with Crippen LogP contribution in [-0.2, 0) is 0 Å². The highest BCUT2D eigenvalue weighted by Gasteiger charge is 2.18. The van der Waals surface area contributed by atoms with Gasteiger partial charge in [0, 0.05) is 30.9 Å². The number of aryl methyl sites for hydroxylation is 2. The van der Waals surface area contributed by atoms with E-state index in [4.69, 9.17) is 4.42 Å². The van der Waals surface area contributed by atoms with Crippen molar-refractivity contribution in [1.29, 1.82) is 0 Å². The van der Waals surface area contributed by atoms with E-state index in [2.05, 4.69) is 111 Å². The monoisotopic (exact) mass is 478 g/mol. The lowest BCUT2D eigenvalue weighted by atomic mass is 9.92. The molecule has 0 aliphatic carbocycles. The molecular formula is C34H22OS. The van der Waals surface area contributed by atoms with Crippen LogP contribution in [0.4, 0.5) is 0 Å². The van der Waals surface area contributed by atoms with Crippen LogP contribution in [0.3, 0.4) is 0 Å². The minimum Gasteiger partial charge on any atom is -0.456 e. The van der Waals surface area contributed by atoms with E-state index in [1.165, 1.54) is 74.7 Å². The van der Waals surface area contributed by atoms with Gasteiger partial charge in [-0.15, -0.1) is 11.3 Å². The van der Waals surface area contributed by atoms with E-state index < -0.39 is 0 Å². The molecule has 0 aliphatic rings. The molecule has 2 aromatic heterocycles. The molecule has 0 spiro atoms. The molecule has 0 aliphatic heterocycles. The number of rotatable bonds is 1. The highest BCUT2D eigenvalue weighted by molar-refractivity contribution is 7.26. The summed E-state index contributed by atoms with van der Waals surface area (Å²) in [6.45, 7) is 4.37. The zero-order valence-electron chi connectivity index (χ0n) is 20.1. The van der Waals surface area contributed by atoms with Gasteiger partial charge in [0.15, 0.2) is 0 Å². The molecule has 6 aromatic carbocycles. The summed E-state index contributed by atoms with van der Waals surface area (Å²) in [4.78, 5) is 0. The predicted molar refractivity (Wildman–Crippen MR) is 157 cm³/mol. The van der Waals surface area contributed by atoms with Gasteiger partial charge >= 0.3 is 0 Å². The minimum atomic E-state index is 0.950. The van der Waals surface area contributed by atoms with Crippen molar-refractivity contribution in [3.8, 4) is 11.1 Å². The molecule has 0 amide bonds. The Labute approximate surface area is 212 Å². The van der Waals surface area contributed by atoms with E-state index >= 15 is 0 Å². The number of thiophene rings is 1. The second kappa shape index (κ2) is 7.19. The summed E-state index contributed by atoms with van der Waals surface area (Å²) >= 11 is 1.90. The fourth-order valence-electron chi connectivity index (χ4n) is 6.02. The molecule has 8 aromatic rings. The lowest BCUT2D eigenvalue weighted by Gasteiger charge is -2.10. The van der Waals surface area contributed by atoms with Crippen molar-refractivity contribution in [2.75, 3.05) is 0 Å². The maximum Gasteiger partial charge on any atom is 0.138 e. The molecule has 170 valence electrons. The molecule has 1 nitrogen and oxygen atoms in total. The molecule has 0 saturated heterocycles. The first kappa shape index (κ1) is 20.1. The standard InChI is InChI=1S/C34H22OS/c1-19-8-7-13-26-31-25-12-6-5-11-24(25)27(18-29(31)35-33(19)26)22-16-20(2)34-28(17-22)32-23-10-4-3-9-21(23)14-15-30(32)36-34/h3-18H,1-2H3. The summed E-state index contributed by atoms with van der Waals surface area (Å²) < 4.78 is 9.20. The third-order valence-corrected chi connectivity index (χ3v) is 8.97. The van der Waals surface area contributed by atoms with Crippen LogP contribution in [0.1, 0.15) is 11.1 Å². The van der Waals surface area contributed by atoms with Crippen molar-refractivity contribution in [2.24, 2.45) is 0 Å². The van der Waals surface area contributed by atoms with Gasteiger partial charge in [-0.25, -0.2) is 0 Å². The van der Waals surface area contributed by atoms with E-state index in [9.17, 15) is 0 Å². The Morgan fingerprint density at radius 2 is 1.36 bits per heavy atom. The van der Waals surface area contributed by atoms with Crippen molar-refractivity contribution in [3.63, 3.8) is 0 Å². The van der Waals surface area contributed by atoms with Crippen LogP contribution in [0, 0.1) is 13.8 Å². The van der Waals surface area contributed by atoms with Crippen LogP contribution < -0.4 is 0 Å². The van der Waals surface area contributed by atoms with Gasteiger partial charge in [0.1, 0.15) is 11.2 Å². The third-order valence-electron chi connectivity index (χ3n) is 7.66. The first-order valence-electron chi connectivity index (χ1n) is 12.4. The Morgan fingerprint density at radius 1 is 0.583 bits per heavy atom. The molecule has 0 bridgehead atoms. The molecule has 0 fully saturated rings. The summed E-state index contributed by atoms with van der Waals surface area (Å²) in [6, 6.07) is 35.4. The first-order chi connectivity index (χ1) is 17.7. The number of furan rings is 1. The Kier molecular flexibility index (Phi) is 4.01. The normalized spacial score (nSPS) is 12.2. The van der Waals surface area contributed by atoms with Crippen LogP contribution in [0.5, 0.6) is 0 Å². The van der Waals surface area contributed by atoms with Gasteiger partial charge in [-0.3, -0.25) is 0 Å². The number of benzene rings is 6. The third kappa shape index (κ3) is 2.65. The van der Waals surface area contributed by atoms with Crippen molar-refractivity contribution >= 4 is 75.0 Å². The highest BCUT2D eigenvalue weighted by Crippen LogP contribution is 2.45. The fraction of sp³-hybridized carbons (Fsp3) is 0.0588. The molecule has 2 heteroatoms. The van der Waals surface area contributed by atoms with E-state index in [1.54, 1.807) is 0 Å². The lowest BCUT2D eigenvalue weighted by Crippen LogP contribution is -1.85. The Bertz CT molecular complexity index is 2170. The topological polar surface area (TPSA) is 13.1 Å². The quantitative estimate of drug-likeness (QED) is 0.229. The summed E-state index contributed by atoms with van der Waals surface area (Å²) in [7, 11) is 0. The Balaban J connectivity index is 1.51. The van der Waals surface area contributed by atoms with Gasteiger partial charge < -0.3 is 4.42 Å². The highest BCUT2D eigenvalue weighted by atomic mass is 32.1. The van der Waals surface area contributed by atoms with Gasteiger partial charge in [-0.05, 0) is 81.9 Å². The van der Waals surface area contributed by atoms with E-state index in [0.717, 1.165) is 11.2 Å². The van der Waals surface area contributed by atoms with Gasteiger partial charge in [0.2, 0.25) is 0 Å². The van der Waals surface area contributed by atoms with Crippen molar-refractivity contribution in [3.05, 3.63) is 108 Å². The summed E-state index contributed by atoms with van der Waals surface area (Å²) in [5.74, 6) is 0. The van der Waals surface area contributed by atoms with Crippen LogP contribution in [0.15, 0.2) is 101 Å². The van der Waals surface area contributed by atoms with Gasteiger partial charge in [-0.2, -0.15) is 0 Å². The van der Waals surface area contributed by atoms with Gasteiger partial charge in [-0.1, -0.05) is 72.8 Å². The summed E-state index contributed by atoms with van der Waals surface area (Å²) in [5.41, 5.74) is 6.88. The van der Waals surface area contributed by atoms with Crippen molar-refractivity contribution in [1.82, 2.24) is 0 Å². The van der Waals surface area contributed by atoms with Gasteiger partial charge in [0.05, 0.1) is 0 Å². The molecule has 0 N–H and O–H groups in total. The zero-order chi connectivity index (χ0) is 24.0. The van der Waals surface area contributed by atoms with E-state index in [0.29, 0.717) is 0 Å². The summed E-state index contributed by atoms with van der Waals surface area (Å²) in [5, 5.41) is 10.2. The zero-order valence-corrected chi connectivity index (χ0v) is 20.9. The second-order valence-electron chi connectivity index (χ2n) is 9.83. The minimum absolute atomic E-state index is 0.950. The SMILES string of the molecule is Cc1cccc2c1oc1cc(-c3cc(C)c4sc5ccc6ccccc6c5c4c3)c3ccccc3c12. The smallest absolute Gasteiger partial charge is 0.138 e. The van der Waals surface area contributed by atoms with Crippen molar-refractivity contribution < 1.29 is 4.42 Å². The maximum absolute atomic E-state index is 6.49. The molecule has 36 heavy (non-hydrogen) atoms. The molecular weight excluding hydrogens is 456 g/mol. The van der Waals surface area contributed by atoms with Crippen molar-refractivity contribution in [2.45, 2.75) is 13.8 Å². The Hall–Kier alpha value is -4.14. The number of para-hydroxylation sites is 1. The van der Waals surface area contributed by atoms with Gasteiger partial charge in [0.25, 0.3) is 0 Å². The molecule has 2 heterocycles. The average molecular weight is 479 g/mol. The van der Waals surface area contributed by atoms with Crippen LogP contribution in [0.25, 0.3) is 74.8 Å². The largest absolute Gasteiger partial charge is 0.456 e. The van der Waals surface area contributed by atoms with E-state index in [1.807, 2.05) is 11.3 Å². The number of fused-ring (bicyclic) bond motifs is 10. The predicted octanol–water partition coefficient (Wildman–Crippen LogP) is 10.5. The molecule has 0 radical (unpaired) electrons. The average Bonchev–Trinajstić information content (AvgIpc) is 3.48. The van der Waals surface area contributed by atoms with Crippen LogP contribution in [-0.4, -0.2) is 0 Å². The first-order valence-corrected chi connectivity index (χ1v) is 13.2. The maximum atomic E-state index is 6.49. The lowest BCUT2D eigenvalue weighted by molar-refractivity contribution is 0.666. The second-order valence-corrected chi connectivity index (χ2v) is 10.9.